The van der Waals surface area contributed by atoms with Crippen molar-refractivity contribution in [3.63, 3.8) is 0 Å². The minimum Gasteiger partial charge on any atom is -0.369 e. The van der Waals surface area contributed by atoms with E-state index in [0.717, 1.165) is 35.7 Å². The molecule has 0 amide bonds. The highest BCUT2D eigenvalue weighted by Crippen LogP contribution is 2.29. The Morgan fingerprint density at radius 3 is 2.64 bits per heavy atom. The highest BCUT2D eigenvalue weighted by Gasteiger charge is 2.14. The quantitative estimate of drug-likeness (QED) is 0.473. The molecule has 0 saturated carbocycles. The largest absolute Gasteiger partial charge is 0.369 e. The second kappa shape index (κ2) is 7.28. The minimum atomic E-state index is 0.687. The molecule has 0 aliphatic heterocycles. The minimum absolute atomic E-state index is 0.687. The van der Waals surface area contributed by atoms with Crippen molar-refractivity contribution in [1.82, 2.24) is 24.1 Å². The van der Waals surface area contributed by atoms with Crippen LogP contribution in [0.3, 0.4) is 0 Å². The first-order valence-corrected chi connectivity index (χ1v) is 9.96. The standard InChI is InChI=1S/C21H18N6S/c1-4-18(28-15-1)9-12-22-20-19(25-21-23-10-2-13-26(20)21)16-5-7-17(8-6-16)27-14-3-11-24-27/h1-8,10-11,13-15,22H,9,12H2. The van der Waals surface area contributed by atoms with Crippen molar-refractivity contribution in [2.24, 2.45) is 0 Å². The first kappa shape index (κ1) is 16.7. The third-order valence-corrected chi connectivity index (χ3v) is 5.49. The third-order valence-electron chi connectivity index (χ3n) is 4.56. The molecule has 0 fully saturated rings. The molecule has 5 aromatic rings. The van der Waals surface area contributed by atoms with E-state index in [9.17, 15) is 0 Å². The van der Waals surface area contributed by atoms with Gasteiger partial charge in [0.2, 0.25) is 5.78 Å². The first-order valence-electron chi connectivity index (χ1n) is 9.08. The molecule has 0 atom stereocenters. The number of nitrogens with zero attached hydrogens (tertiary/aromatic N) is 5. The lowest BCUT2D eigenvalue weighted by Crippen LogP contribution is -2.07. The molecule has 0 bridgehead atoms. The van der Waals surface area contributed by atoms with Crippen LogP contribution in [0.5, 0.6) is 0 Å². The average Bonchev–Trinajstić information content (AvgIpc) is 3.50. The Balaban J connectivity index is 1.47. The van der Waals surface area contributed by atoms with Crippen molar-refractivity contribution < 1.29 is 0 Å². The Labute approximate surface area is 166 Å². The van der Waals surface area contributed by atoms with Gasteiger partial charge in [0.25, 0.3) is 0 Å². The molecular weight excluding hydrogens is 368 g/mol. The molecule has 0 saturated heterocycles. The molecule has 4 aromatic heterocycles. The smallest absolute Gasteiger partial charge is 0.235 e. The SMILES string of the molecule is c1csc(CCNc2c(-c3ccc(-n4cccn4)cc3)nc3ncccn23)c1. The van der Waals surface area contributed by atoms with Crippen LogP contribution in [-0.4, -0.2) is 30.7 Å². The number of fused-ring (bicyclic) bond motifs is 1. The summed E-state index contributed by atoms with van der Waals surface area (Å²) in [7, 11) is 0. The van der Waals surface area contributed by atoms with Crippen LogP contribution in [0.1, 0.15) is 4.88 Å². The first-order chi connectivity index (χ1) is 13.9. The zero-order chi connectivity index (χ0) is 18.8. The summed E-state index contributed by atoms with van der Waals surface area (Å²) in [6.07, 6.45) is 8.44. The number of hydrogen-bond donors (Lipinski definition) is 1. The molecular formula is C21H18N6S. The van der Waals surface area contributed by atoms with Crippen molar-refractivity contribution in [2.75, 3.05) is 11.9 Å². The predicted molar refractivity (Wildman–Crippen MR) is 112 cm³/mol. The lowest BCUT2D eigenvalue weighted by molar-refractivity contribution is 0.881. The second-order valence-corrected chi connectivity index (χ2v) is 7.38. The molecule has 0 aliphatic carbocycles. The molecule has 28 heavy (non-hydrogen) atoms. The number of benzene rings is 1. The molecule has 0 unspecified atom stereocenters. The topological polar surface area (TPSA) is 60.0 Å². The molecule has 1 N–H and O–H groups in total. The lowest BCUT2D eigenvalue weighted by Gasteiger charge is -2.09. The van der Waals surface area contributed by atoms with Crippen LogP contribution in [0.15, 0.2) is 78.7 Å². The van der Waals surface area contributed by atoms with Gasteiger partial charge in [0.1, 0.15) is 11.5 Å². The van der Waals surface area contributed by atoms with Crippen molar-refractivity contribution in [2.45, 2.75) is 6.42 Å². The van der Waals surface area contributed by atoms with Gasteiger partial charge < -0.3 is 5.32 Å². The van der Waals surface area contributed by atoms with E-state index in [4.69, 9.17) is 4.98 Å². The van der Waals surface area contributed by atoms with Crippen LogP contribution >= 0.6 is 11.3 Å². The molecule has 5 rings (SSSR count). The number of thiophene rings is 1. The van der Waals surface area contributed by atoms with Gasteiger partial charge in [0.15, 0.2) is 0 Å². The Morgan fingerprint density at radius 1 is 0.964 bits per heavy atom. The molecule has 138 valence electrons. The zero-order valence-corrected chi connectivity index (χ0v) is 15.9. The van der Waals surface area contributed by atoms with Gasteiger partial charge >= 0.3 is 0 Å². The number of imidazole rings is 1. The van der Waals surface area contributed by atoms with Crippen LogP contribution in [0, 0.1) is 0 Å². The van der Waals surface area contributed by atoms with Gasteiger partial charge in [-0.2, -0.15) is 5.10 Å². The molecule has 0 aliphatic rings. The highest BCUT2D eigenvalue weighted by atomic mass is 32.1. The fraction of sp³-hybridized carbons (Fsp3) is 0.0952. The van der Waals surface area contributed by atoms with Gasteiger partial charge in [-0.25, -0.2) is 14.6 Å². The number of rotatable bonds is 6. The number of nitrogens with one attached hydrogen (secondary N) is 1. The summed E-state index contributed by atoms with van der Waals surface area (Å²) in [6, 6.07) is 16.3. The van der Waals surface area contributed by atoms with Crippen molar-refractivity contribution in [3.05, 3.63) is 83.6 Å². The van der Waals surface area contributed by atoms with E-state index in [-0.39, 0.29) is 0 Å². The lowest BCUT2D eigenvalue weighted by atomic mass is 10.1. The van der Waals surface area contributed by atoms with Crippen molar-refractivity contribution in [1.29, 1.82) is 0 Å². The maximum atomic E-state index is 4.76. The molecule has 7 heteroatoms. The Hall–Kier alpha value is -3.45. The van der Waals surface area contributed by atoms with E-state index in [2.05, 4.69) is 57.2 Å². The Morgan fingerprint density at radius 2 is 1.86 bits per heavy atom. The summed E-state index contributed by atoms with van der Waals surface area (Å²) in [5.74, 6) is 1.65. The van der Waals surface area contributed by atoms with Crippen LogP contribution < -0.4 is 5.32 Å². The third kappa shape index (κ3) is 3.16. The summed E-state index contributed by atoms with van der Waals surface area (Å²) in [5.41, 5.74) is 2.96. The van der Waals surface area contributed by atoms with Gasteiger partial charge in [-0.3, -0.25) is 4.40 Å². The van der Waals surface area contributed by atoms with E-state index in [1.165, 1.54) is 4.88 Å². The summed E-state index contributed by atoms with van der Waals surface area (Å²) in [6.45, 7) is 0.835. The van der Waals surface area contributed by atoms with Gasteiger partial charge in [-0.15, -0.1) is 11.3 Å². The van der Waals surface area contributed by atoms with E-state index >= 15 is 0 Å². The van der Waals surface area contributed by atoms with Gasteiger partial charge in [-0.1, -0.05) is 18.2 Å². The normalized spacial score (nSPS) is 11.1. The van der Waals surface area contributed by atoms with Crippen LogP contribution in [0.2, 0.25) is 0 Å². The maximum Gasteiger partial charge on any atom is 0.235 e. The number of anilines is 1. The van der Waals surface area contributed by atoms with Crippen LogP contribution in [-0.2, 0) is 6.42 Å². The molecule has 0 radical (unpaired) electrons. The Bertz CT molecular complexity index is 1170. The van der Waals surface area contributed by atoms with E-state index in [1.807, 2.05) is 33.6 Å². The van der Waals surface area contributed by atoms with Crippen molar-refractivity contribution >= 4 is 22.9 Å². The molecule has 1 aromatic carbocycles. The van der Waals surface area contributed by atoms with Gasteiger partial charge in [-0.05, 0) is 42.1 Å². The Kier molecular flexibility index (Phi) is 4.34. The molecule has 4 heterocycles. The van der Waals surface area contributed by atoms with E-state index < -0.39 is 0 Å². The zero-order valence-electron chi connectivity index (χ0n) is 15.1. The summed E-state index contributed by atoms with van der Waals surface area (Å²) in [4.78, 5) is 10.5. The van der Waals surface area contributed by atoms with Crippen molar-refractivity contribution in [3.8, 4) is 16.9 Å². The summed E-state index contributed by atoms with van der Waals surface area (Å²) in [5, 5.41) is 9.96. The maximum absolute atomic E-state index is 4.76. The van der Waals surface area contributed by atoms with E-state index in [0.29, 0.717) is 5.78 Å². The fourth-order valence-electron chi connectivity index (χ4n) is 3.21. The second-order valence-electron chi connectivity index (χ2n) is 6.35. The van der Waals surface area contributed by atoms with Gasteiger partial charge in [0.05, 0.1) is 5.69 Å². The van der Waals surface area contributed by atoms with Gasteiger partial charge in [0, 0.05) is 41.8 Å². The predicted octanol–water partition coefficient (Wildman–Crippen LogP) is 4.30. The van der Waals surface area contributed by atoms with E-state index in [1.54, 1.807) is 23.7 Å². The summed E-state index contributed by atoms with van der Waals surface area (Å²) < 4.78 is 3.85. The number of aromatic nitrogens is 5. The number of hydrogen-bond acceptors (Lipinski definition) is 5. The van der Waals surface area contributed by atoms with Crippen LogP contribution in [0.4, 0.5) is 5.82 Å². The average molecular weight is 386 g/mol. The van der Waals surface area contributed by atoms with Crippen LogP contribution in [0.25, 0.3) is 22.7 Å². The fourth-order valence-corrected chi connectivity index (χ4v) is 3.92. The molecule has 0 spiro atoms. The summed E-state index contributed by atoms with van der Waals surface area (Å²) >= 11 is 1.78. The molecule has 6 nitrogen and oxygen atoms in total. The highest BCUT2D eigenvalue weighted by molar-refractivity contribution is 7.09. The monoisotopic (exact) mass is 386 g/mol.